The molecule has 2 aromatic rings. The van der Waals surface area contributed by atoms with Gasteiger partial charge < -0.3 is 10.2 Å². The van der Waals surface area contributed by atoms with Gasteiger partial charge >= 0.3 is 0 Å². The standard InChI is InChI=1S/C16H20BrClN2S/c1-19-15(13-4-3-5-14(18)9-13)6-7-20(2)10-12-8-16(17)21-11-12/h3-5,8-9,11,15,19H,6-7,10H2,1-2H3. The Morgan fingerprint density at radius 3 is 2.81 bits per heavy atom. The van der Waals surface area contributed by atoms with E-state index in [9.17, 15) is 0 Å². The van der Waals surface area contributed by atoms with Gasteiger partial charge in [0.1, 0.15) is 0 Å². The van der Waals surface area contributed by atoms with Gasteiger partial charge in [0.05, 0.1) is 3.79 Å². The molecule has 0 saturated carbocycles. The number of nitrogens with zero attached hydrogens (tertiary/aromatic N) is 1. The van der Waals surface area contributed by atoms with Crippen LogP contribution in [0.4, 0.5) is 0 Å². The van der Waals surface area contributed by atoms with Gasteiger partial charge in [-0.15, -0.1) is 11.3 Å². The van der Waals surface area contributed by atoms with Crippen LogP contribution in [0.25, 0.3) is 0 Å². The molecule has 0 radical (unpaired) electrons. The van der Waals surface area contributed by atoms with E-state index in [4.69, 9.17) is 11.6 Å². The van der Waals surface area contributed by atoms with E-state index >= 15 is 0 Å². The molecule has 0 aliphatic heterocycles. The normalized spacial score (nSPS) is 12.8. The highest BCUT2D eigenvalue weighted by molar-refractivity contribution is 9.11. The van der Waals surface area contributed by atoms with Crippen LogP contribution in [0, 0.1) is 0 Å². The Balaban J connectivity index is 1.87. The molecule has 1 unspecified atom stereocenters. The first-order valence-corrected chi connectivity index (χ1v) is 8.97. The van der Waals surface area contributed by atoms with Crippen molar-refractivity contribution in [1.82, 2.24) is 10.2 Å². The van der Waals surface area contributed by atoms with Crippen LogP contribution in [-0.4, -0.2) is 25.5 Å². The summed E-state index contributed by atoms with van der Waals surface area (Å²) < 4.78 is 1.19. The quantitative estimate of drug-likeness (QED) is 0.723. The molecule has 1 heterocycles. The van der Waals surface area contributed by atoms with Crippen LogP contribution in [-0.2, 0) is 6.54 Å². The summed E-state index contributed by atoms with van der Waals surface area (Å²) in [6.45, 7) is 2.01. The van der Waals surface area contributed by atoms with E-state index in [0.717, 1.165) is 24.5 Å². The number of halogens is 2. The van der Waals surface area contributed by atoms with Crippen LogP contribution in [0.5, 0.6) is 0 Å². The van der Waals surface area contributed by atoms with E-state index in [1.54, 1.807) is 11.3 Å². The van der Waals surface area contributed by atoms with Crippen molar-refractivity contribution < 1.29 is 0 Å². The maximum Gasteiger partial charge on any atom is 0.0701 e. The van der Waals surface area contributed by atoms with Gasteiger partial charge in [-0.2, -0.15) is 0 Å². The molecule has 1 N–H and O–H groups in total. The van der Waals surface area contributed by atoms with Crippen LogP contribution >= 0.6 is 38.9 Å². The average Bonchev–Trinajstić information content (AvgIpc) is 2.85. The van der Waals surface area contributed by atoms with Crippen LogP contribution in [0.3, 0.4) is 0 Å². The number of nitrogens with one attached hydrogen (secondary N) is 1. The zero-order chi connectivity index (χ0) is 15.2. The fraction of sp³-hybridized carbons (Fsp3) is 0.375. The Labute approximate surface area is 144 Å². The molecule has 0 amide bonds. The molecule has 0 saturated heterocycles. The minimum atomic E-state index is 0.334. The Hall–Kier alpha value is -0.390. The average molecular weight is 388 g/mol. The van der Waals surface area contributed by atoms with Crippen LogP contribution in [0.2, 0.25) is 5.02 Å². The summed E-state index contributed by atoms with van der Waals surface area (Å²) in [7, 11) is 4.16. The fourth-order valence-electron chi connectivity index (χ4n) is 2.37. The number of rotatable bonds is 7. The van der Waals surface area contributed by atoms with E-state index < -0.39 is 0 Å². The zero-order valence-corrected chi connectivity index (χ0v) is 15.4. The number of thiophene rings is 1. The summed E-state index contributed by atoms with van der Waals surface area (Å²) in [5, 5.41) is 6.38. The smallest absolute Gasteiger partial charge is 0.0701 e. The summed E-state index contributed by atoms with van der Waals surface area (Å²) in [5.74, 6) is 0. The van der Waals surface area contributed by atoms with Gasteiger partial charge in [-0.1, -0.05) is 23.7 Å². The summed E-state index contributed by atoms with van der Waals surface area (Å²) in [6.07, 6.45) is 1.05. The van der Waals surface area contributed by atoms with E-state index in [2.05, 4.69) is 50.7 Å². The molecule has 5 heteroatoms. The van der Waals surface area contributed by atoms with Crippen molar-refractivity contribution in [2.75, 3.05) is 20.6 Å². The first-order valence-electron chi connectivity index (χ1n) is 6.92. The first-order chi connectivity index (χ1) is 10.1. The second-order valence-corrected chi connectivity index (χ2v) is 7.91. The lowest BCUT2D eigenvalue weighted by molar-refractivity contribution is 0.304. The number of hydrogen-bond donors (Lipinski definition) is 1. The lowest BCUT2D eigenvalue weighted by Crippen LogP contribution is -2.25. The summed E-state index contributed by atoms with van der Waals surface area (Å²) >= 11 is 11.3. The SMILES string of the molecule is CNC(CCN(C)Cc1csc(Br)c1)c1cccc(Cl)c1. The summed E-state index contributed by atoms with van der Waals surface area (Å²) in [5.41, 5.74) is 2.61. The molecule has 2 nitrogen and oxygen atoms in total. The Bertz CT molecular complexity index is 573. The maximum atomic E-state index is 6.08. The third-order valence-electron chi connectivity index (χ3n) is 3.47. The Morgan fingerprint density at radius 2 is 2.19 bits per heavy atom. The highest BCUT2D eigenvalue weighted by Crippen LogP contribution is 2.23. The van der Waals surface area contributed by atoms with Gasteiger partial charge in [0.25, 0.3) is 0 Å². The van der Waals surface area contributed by atoms with Crippen LogP contribution < -0.4 is 5.32 Å². The minimum Gasteiger partial charge on any atom is -0.313 e. The molecule has 1 atom stereocenters. The molecule has 0 aliphatic rings. The lowest BCUT2D eigenvalue weighted by Gasteiger charge is -2.21. The number of hydrogen-bond acceptors (Lipinski definition) is 3. The third-order valence-corrected chi connectivity index (χ3v) is 5.26. The van der Waals surface area contributed by atoms with Gasteiger partial charge in [0.15, 0.2) is 0 Å². The van der Waals surface area contributed by atoms with Crippen LogP contribution in [0.1, 0.15) is 23.6 Å². The van der Waals surface area contributed by atoms with Gasteiger partial charge in [-0.25, -0.2) is 0 Å². The monoisotopic (exact) mass is 386 g/mol. The van der Waals surface area contributed by atoms with Gasteiger partial charge in [-0.05, 0) is 77.7 Å². The van der Waals surface area contributed by atoms with Gasteiger partial charge in [0.2, 0.25) is 0 Å². The Morgan fingerprint density at radius 1 is 1.38 bits per heavy atom. The molecule has 21 heavy (non-hydrogen) atoms. The van der Waals surface area contributed by atoms with Crippen molar-refractivity contribution in [1.29, 1.82) is 0 Å². The van der Waals surface area contributed by atoms with Crippen molar-refractivity contribution in [2.24, 2.45) is 0 Å². The van der Waals surface area contributed by atoms with Gasteiger partial charge in [-0.3, -0.25) is 0 Å². The van der Waals surface area contributed by atoms with Gasteiger partial charge in [0, 0.05) is 17.6 Å². The molecule has 0 fully saturated rings. The second kappa shape index (κ2) is 8.30. The molecular formula is C16H20BrClN2S. The van der Waals surface area contributed by atoms with Crippen molar-refractivity contribution in [3.05, 3.63) is 55.6 Å². The predicted molar refractivity (Wildman–Crippen MR) is 96.2 cm³/mol. The minimum absolute atomic E-state index is 0.334. The van der Waals surface area contributed by atoms with E-state index in [0.29, 0.717) is 6.04 Å². The van der Waals surface area contributed by atoms with Crippen molar-refractivity contribution >= 4 is 38.9 Å². The highest BCUT2D eigenvalue weighted by atomic mass is 79.9. The highest BCUT2D eigenvalue weighted by Gasteiger charge is 2.11. The third kappa shape index (κ3) is 5.38. The maximum absolute atomic E-state index is 6.08. The van der Waals surface area contributed by atoms with Crippen molar-refractivity contribution in [3.8, 4) is 0 Å². The molecule has 0 spiro atoms. The van der Waals surface area contributed by atoms with E-state index in [-0.39, 0.29) is 0 Å². The molecule has 0 bridgehead atoms. The molecule has 2 rings (SSSR count). The number of benzene rings is 1. The van der Waals surface area contributed by atoms with Crippen molar-refractivity contribution in [3.63, 3.8) is 0 Å². The molecular weight excluding hydrogens is 368 g/mol. The molecule has 0 aliphatic carbocycles. The first kappa shape index (κ1) is 17.0. The summed E-state index contributed by atoms with van der Waals surface area (Å²) in [4.78, 5) is 2.35. The Kier molecular flexibility index (Phi) is 6.71. The predicted octanol–water partition coefficient (Wildman–Crippen LogP) is 4.95. The van der Waals surface area contributed by atoms with Crippen molar-refractivity contribution in [2.45, 2.75) is 19.0 Å². The second-order valence-electron chi connectivity index (χ2n) is 5.18. The van der Waals surface area contributed by atoms with E-state index in [1.165, 1.54) is 14.9 Å². The lowest BCUT2D eigenvalue weighted by atomic mass is 10.0. The molecule has 1 aromatic carbocycles. The zero-order valence-electron chi connectivity index (χ0n) is 12.3. The molecule has 114 valence electrons. The molecule has 1 aromatic heterocycles. The van der Waals surface area contributed by atoms with E-state index in [1.807, 2.05) is 25.2 Å². The van der Waals surface area contributed by atoms with Crippen LogP contribution in [0.15, 0.2) is 39.5 Å². The largest absolute Gasteiger partial charge is 0.313 e. The summed E-state index contributed by atoms with van der Waals surface area (Å²) in [6, 6.07) is 10.6. The fourth-order valence-corrected chi connectivity index (χ4v) is 3.77. The topological polar surface area (TPSA) is 15.3 Å².